The zero-order chi connectivity index (χ0) is 19.0. The van der Waals surface area contributed by atoms with Crippen LogP contribution in [0.1, 0.15) is 12.5 Å². The van der Waals surface area contributed by atoms with Crippen molar-refractivity contribution in [3.05, 3.63) is 53.8 Å². The first kappa shape index (κ1) is 20.5. The van der Waals surface area contributed by atoms with Gasteiger partial charge in [0.2, 0.25) is 5.79 Å². The normalized spacial score (nSPS) is 23.4. The maximum atomic E-state index is 10.1. The molecular weight excluding hydrogens is 334 g/mol. The summed E-state index contributed by atoms with van der Waals surface area (Å²) in [6.07, 6.45) is 4.53. The lowest BCUT2D eigenvalue weighted by Crippen LogP contribution is -2.47. The number of rotatable bonds is 10. The molecule has 0 bridgehead atoms. The molecule has 0 aliphatic heterocycles. The van der Waals surface area contributed by atoms with Crippen molar-refractivity contribution in [1.82, 2.24) is 5.32 Å². The van der Waals surface area contributed by atoms with Gasteiger partial charge >= 0.3 is 0 Å². The summed E-state index contributed by atoms with van der Waals surface area (Å²) < 4.78 is 22.4. The highest BCUT2D eigenvalue weighted by atomic mass is 16.7. The molecule has 2 rings (SSSR count). The minimum atomic E-state index is -0.929. The smallest absolute Gasteiger partial charge is 0.218 e. The third-order valence-electron chi connectivity index (χ3n) is 4.14. The van der Waals surface area contributed by atoms with Crippen molar-refractivity contribution in [3.63, 3.8) is 0 Å². The van der Waals surface area contributed by atoms with Gasteiger partial charge in [0.05, 0.1) is 0 Å². The van der Waals surface area contributed by atoms with E-state index in [-0.39, 0.29) is 12.7 Å². The summed E-state index contributed by atoms with van der Waals surface area (Å²) >= 11 is 0. The molecule has 1 aromatic carbocycles. The summed E-state index contributed by atoms with van der Waals surface area (Å²) in [6, 6.07) is 7.74. The summed E-state index contributed by atoms with van der Waals surface area (Å²) in [6.45, 7) is 4.98. The number of aliphatic hydroxyl groups is 1. The SMILES string of the molecule is CCOC1(OC)C=CC(NCC(O)COc2cccc(C)c2)=CC1OC. The second-order valence-electron chi connectivity index (χ2n) is 6.13. The largest absolute Gasteiger partial charge is 0.491 e. The molecule has 0 radical (unpaired) electrons. The molecule has 0 fully saturated rings. The number of allylic oxidation sites excluding steroid dienone is 1. The Hall–Kier alpha value is -1.86. The molecule has 26 heavy (non-hydrogen) atoms. The minimum absolute atomic E-state index is 0.210. The standard InChI is InChI=1S/C20H29NO5/c1-5-26-20(24-4)10-9-16(12-19(20)23-3)21-13-17(22)14-25-18-8-6-7-15(2)11-18/h6-12,17,19,21-22H,5,13-14H2,1-4H3. The summed E-state index contributed by atoms with van der Waals surface area (Å²) in [5.41, 5.74) is 1.95. The number of benzene rings is 1. The molecule has 3 atom stereocenters. The monoisotopic (exact) mass is 363 g/mol. The molecule has 1 aliphatic rings. The Morgan fingerprint density at radius 2 is 2.12 bits per heavy atom. The van der Waals surface area contributed by atoms with Gasteiger partial charge in [-0.25, -0.2) is 0 Å². The van der Waals surface area contributed by atoms with E-state index in [4.69, 9.17) is 18.9 Å². The average molecular weight is 363 g/mol. The van der Waals surface area contributed by atoms with Crippen LogP contribution in [0.3, 0.4) is 0 Å². The van der Waals surface area contributed by atoms with E-state index in [0.717, 1.165) is 17.0 Å². The molecule has 144 valence electrons. The number of hydrogen-bond donors (Lipinski definition) is 2. The highest BCUT2D eigenvalue weighted by Crippen LogP contribution is 2.27. The summed E-state index contributed by atoms with van der Waals surface area (Å²) in [7, 11) is 3.19. The van der Waals surface area contributed by atoms with Gasteiger partial charge in [-0.05, 0) is 49.8 Å². The fourth-order valence-electron chi connectivity index (χ4n) is 2.78. The highest BCUT2D eigenvalue weighted by Gasteiger charge is 2.39. The highest BCUT2D eigenvalue weighted by molar-refractivity contribution is 5.29. The Morgan fingerprint density at radius 1 is 1.31 bits per heavy atom. The lowest BCUT2D eigenvalue weighted by atomic mass is 10.0. The van der Waals surface area contributed by atoms with Crippen LogP contribution >= 0.6 is 0 Å². The third kappa shape index (κ3) is 5.32. The molecule has 1 aromatic rings. The average Bonchev–Trinajstić information content (AvgIpc) is 2.65. The third-order valence-corrected chi connectivity index (χ3v) is 4.14. The van der Waals surface area contributed by atoms with Gasteiger partial charge in [-0.1, -0.05) is 12.1 Å². The topological polar surface area (TPSA) is 69.2 Å². The van der Waals surface area contributed by atoms with Crippen molar-refractivity contribution in [3.8, 4) is 5.75 Å². The Morgan fingerprint density at radius 3 is 2.77 bits per heavy atom. The molecule has 6 heteroatoms. The number of ether oxygens (including phenoxy) is 4. The van der Waals surface area contributed by atoms with Crippen LogP contribution in [0.2, 0.25) is 0 Å². The molecule has 0 heterocycles. The van der Waals surface area contributed by atoms with E-state index in [0.29, 0.717) is 13.2 Å². The van der Waals surface area contributed by atoms with E-state index >= 15 is 0 Å². The van der Waals surface area contributed by atoms with Gasteiger partial charge in [-0.15, -0.1) is 0 Å². The second kappa shape index (κ2) is 9.73. The second-order valence-corrected chi connectivity index (χ2v) is 6.13. The lowest BCUT2D eigenvalue weighted by molar-refractivity contribution is -0.232. The van der Waals surface area contributed by atoms with Crippen molar-refractivity contribution in [2.75, 3.05) is 34.0 Å². The molecule has 6 nitrogen and oxygen atoms in total. The number of hydrogen-bond acceptors (Lipinski definition) is 6. The van der Waals surface area contributed by atoms with Crippen LogP contribution in [0.15, 0.2) is 48.2 Å². The number of aryl methyl sites for hydroxylation is 1. The Balaban J connectivity index is 1.86. The fraction of sp³-hybridized carbons (Fsp3) is 0.500. The Kier molecular flexibility index (Phi) is 7.66. The van der Waals surface area contributed by atoms with E-state index in [2.05, 4.69) is 5.32 Å². The molecule has 0 saturated carbocycles. The van der Waals surface area contributed by atoms with Gasteiger partial charge in [0, 0.05) is 33.1 Å². The number of methoxy groups -OCH3 is 2. The van der Waals surface area contributed by atoms with E-state index in [1.54, 1.807) is 14.2 Å². The van der Waals surface area contributed by atoms with Crippen molar-refractivity contribution in [2.45, 2.75) is 31.8 Å². The van der Waals surface area contributed by atoms with E-state index in [1.165, 1.54) is 0 Å². The van der Waals surface area contributed by atoms with Gasteiger partial charge < -0.3 is 29.4 Å². The molecule has 0 saturated heterocycles. The van der Waals surface area contributed by atoms with Crippen molar-refractivity contribution >= 4 is 0 Å². The minimum Gasteiger partial charge on any atom is -0.491 e. The number of aliphatic hydroxyl groups excluding tert-OH is 1. The summed E-state index contributed by atoms with van der Waals surface area (Å²) in [5.74, 6) is -0.177. The van der Waals surface area contributed by atoms with Crippen LogP contribution in [-0.4, -0.2) is 57.1 Å². The molecule has 0 spiro atoms. The summed E-state index contributed by atoms with van der Waals surface area (Å²) in [4.78, 5) is 0. The molecule has 1 aliphatic carbocycles. The van der Waals surface area contributed by atoms with Crippen molar-refractivity contribution in [2.24, 2.45) is 0 Å². The van der Waals surface area contributed by atoms with Crippen LogP contribution in [0, 0.1) is 6.92 Å². The molecule has 0 amide bonds. The van der Waals surface area contributed by atoms with E-state index in [9.17, 15) is 5.11 Å². The van der Waals surface area contributed by atoms with Gasteiger partial charge in [-0.3, -0.25) is 0 Å². The van der Waals surface area contributed by atoms with Crippen LogP contribution in [-0.2, 0) is 14.2 Å². The number of nitrogens with one attached hydrogen (secondary N) is 1. The predicted molar refractivity (Wildman–Crippen MR) is 100 cm³/mol. The van der Waals surface area contributed by atoms with Crippen LogP contribution < -0.4 is 10.1 Å². The molecule has 0 aromatic heterocycles. The molecule has 2 N–H and O–H groups in total. The fourth-order valence-corrected chi connectivity index (χ4v) is 2.78. The zero-order valence-electron chi connectivity index (χ0n) is 15.9. The van der Waals surface area contributed by atoms with Crippen LogP contribution in [0.4, 0.5) is 0 Å². The maximum absolute atomic E-state index is 10.1. The maximum Gasteiger partial charge on any atom is 0.218 e. The van der Waals surface area contributed by atoms with Gasteiger partial charge in [0.1, 0.15) is 24.6 Å². The van der Waals surface area contributed by atoms with Crippen LogP contribution in [0.25, 0.3) is 0 Å². The molecular formula is C20H29NO5. The van der Waals surface area contributed by atoms with Gasteiger partial charge in [-0.2, -0.15) is 0 Å². The molecule has 3 unspecified atom stereocenters. The first-order valence-electron chi connectivity index (χ1n) is 8.77. The van der Waals surface area contributed by atoms with Crippen LogP contribution in [0.5, 0.6) is 5.75 Å². The van der Waals surface area contributed by atoms with Crippen molar-refractivity contribution in [1.29, 1.82) is 0 Å². The van der Waals surface area contributed by atoms with Gasteiger partial charge in [0.25, 0.3) is 0 Å². The van der Waals surface area contributed by atoms with E-state index < -0.39 is 11.9 Å². The quantitative estimate of drug-likeness (QED) is 0.621. The first-order valence-corrected chi connectivity index (χ1v) is 8.77. The lowest BCUT2D eigenvalue weighted by Gasteiger charge is -2.36. The van der Waals surface area contributed by atoms with Gasteiger partial charge in [0.15, 0.2) is 0 Å². The predicted octanol–water partition coefficient (Wildman–Crippen LogP) is 2.17. The van der Waals surface area contributed by atoms with E-state index in [1.807, 2.05) is 56.3 Å². The van der Waals surface area contributed by atoms with Crippen molar-refractivity contribution < 1.29 is 24.1 Å². The Labute approximate surface area is 155 Å². The first-order chi connectivity index (χ1) is 12.5. The summed E-state index contributed by atoms with van der Waals surface area (Å²) in [5, 5.41) is 13.3. The zero-order valence-corrected chi connectivity index (χ0v) is 15.9. The Bertz CT molecular complexity index is 630.